The van der Waals surface area contributed by atoms with Gasteiger partial charge in [-0.2, -0.15) is 4.98 Å². The molecule has 1 aliphatic rings. The summed E-state index contributed by atoms with van der Waals surface area (Å²) in [6.07, 6.45) is 3.93. The Balaban J connectivity index is 1.93. The number of ether oxygens (including phenoxy) is 1. The maximum absolute atomic E-state index is 5.71. The van der Waals surface area contributed by atoms with Crippen LogP contribution in [0.1, 0.15) is 51.7 Å². The van der Waals surface area contributed by atoms with Gasteiger partial charge in [0.2, 0.25) is 11.7 Å². The van der Waals surface area contributed by atoms with Crippen LogP contribution in [-0.2, 0) is 16.8 Å². The van der Waals surface area contributed by atoms with E-state index in [2.05, 4.69) is 29.3 Å². The van der Waals surface area contributed by atoms with E-state index in [0.717, 1.165) is 38.8 Å². The Labute approximate surface area is 108 Å². The normalized spacial score (nSPS) is 25.5. The van der Waals surface area contributed by atoms with Crippen molar-refractivity contribution in [3.05, 3.63) is 11.7 Å². The van der Waals surface area contributed by atoms with Gasteiger partial charge in [0.05, 0.1) is 0 Å². The molecule has 0 aromatic carbocycles. The molecule has 2 unspecified atom stereocenters. The van der Waals surface area contributed by atoms with E-state index in [4.69, 9.17) is 9.26 Å². The average Bonchev–Trinajstić information content (AvgIpc) is 2.96. The van der Waals surface area contributed by atoms with Crippen molar-refractivity contribution in [3.8, 4) is 0 Å². The van der Waals surface area contributed by atoms with E-state index >= 15 is 0 Å². The Morgan fingerprint density at radius 1 is 1.50 bits per heavy atom. The molecule has 0 amide bonds. The van der Waals surface area contributed by atoms with Crippen LogP contribution in [0.25, 0.3) is 0 Å². The highest BCUT2D eigenvalue weighted by Gasteiger charge is 2.36. The first-order valence-corrected chi connectivity index (χ1v) is 6.84. The summed E-state index contributed by atoms with van der Waals surface area (Å²) >= 11 is 0. The predicted octanol–water partition coefficient (Wildman–Crippen LogP) is 2.03. The first-order chi connectivity index (χ1) is 8.64. The van der Waals surface area contributed by atoms with Crippen molar-refractivity contribution in [2.24, 2.45) is 0 Å². The zero-order valence-electron chi connectivity index (χ0n) is 11.5. The van der Waals surface area contributed by atoms with Gasteiger partial charge in [0.15, 0.2) is 0 Å². The van der Waals surface area contributed by atoms with Crippen molar-refractivity contribution >= 4 is 0 Å². The zero-order chi connectivity index (χ0) is 13.0. The number of rotatable bonds is 6. The quantitative estimate of drug-likeness (QED) is 0.840. The molecule has 1 aliphatic heterocycles. The Morgan fingerprint density at radius 2 is 2.33 bits per heavy atom. The van der Waals surface area contributed by atoms with Crippen LogP contribution in [0.15, 0.2) is 4.52 Å². The van der Waals surface area contributed by atoms with E-state index in [1.54, 1.807) is 0 Å². The first-order valence-electron chi connectivity index (χ1n) is 6.84. The molecule has 0 bridgehead atoms. The van der Waals surface area contributed by atoms with Crippen LogP contribution in [0.4, 0.5) is 0 Å². The third-order valence-corrected chi connectivity index (χ3v) is 3.38. The van der Waals surface area contributed by atoms with Crippen molar-refractivity contribution in [1.29, 1.82) is 0 Å². The van der Waals surface area contributed by atoms with Crippen LogP contribution in [0, 0.1) is 0 Å². The predicted molar refractivity (Wildman–Crippen MR) is 68.3 cm³/mol. The van der Waals surface area contributed by atoms with Gasteiger partial charge in [-0.1, -0.05) is 12.1 Å². The lowest BCUT2D eigenvalue weighted by molar-refractivity contribution is 0.00768. The van der Waals surface area contributed by atoms with E-state index in [9.17, 15) is 0 Å². The Kier molecular flexibility index (Phi) is 4.35. The van der Waals surface area contributed by atoms with Crippen molar-refractivity contribution in [3.63, 3.8) is 0 Å². The number of hydrogen-bond acceptors (Lipinski definition) is 5. The highest BCUT2D eigenvalue weighted by atomic mass is 16.5. The molecule has 2 atom stereocenters. The van der Waals surface area contributed by atoms with Gasteiger partial charge in [0, 0.05) is 19.1 Å². The molecular formula is C13H23N3O2. The second kappa shape index (κ2) is 5.80. The smallest absolute Gasteiger partial charge is 0.228 e. The van der Waals surface area contributed by atoms with Gasteiger partial charge in [0.1, 0.15) is 5.60 Å². The summed E-state index contributed by atoms with van der Waals surface area (Å²) in [6, 6.07) is 0.357. The van der Waals surface area contributed by atoms with E-state index < -0.39 is 0 Å². The summed E-state index contributed by atoms with van der Waals surface area (Å²) in [4.78, 5) is 4.47. The number of aromatic nitrogens is 2. The summed E-state index contributed by atoms with van der Waals surface area (Å²) < 4.78 is 11.0. The minimum absolute atomic E-state index is 0.345. The molecule has 0 aliphatic carbocycles. The molecule has 5 nitrogen and oxygen atoms in total. The molecule has 0 radical (unpaired) electrons. The fraction of sp³-hybridized carbons (Fsp3) is 0.846. The zero-order valence-corrected chi connectivity index (χ0v) is 11.5. The lowest BCUT2D eigenvalue weighted by Gasteiger charge is -2.17. The van der Waals surface area contributed by atoms with Gasteiger partial charge >= 0.3 is 0 Å². The maximum atomic E-state index is 5.71. The summed E-state index contributed by atoms with van der Waals surface area (Å²) in [5.41, 5.74) is -0.345. The van der Waals surface area contributed by atoms with E-state index in [1.165, 1.54) is 0 Å². The van der Waals surface area contributed by atoms with Crippen LogP contribution in [0.2, 0.25) is 0 Å². The Bertz CT molecular complexity index is 372. The second-order valence-corrected chi connectivity index (χ2v) is 5.25. The minimum Gasteiger partial charge on any atom is -0.367 e. The molecule has 5 heteroatoms. The summed E-state index contributed by atoms with van der Waals surface area (Å²) in [5.74, 6) is 1.38. The molecule has 1 saturated heterocycles. The number of nitrogens with one attached hydrogen (secondary N) is 1. The number of nitrogens with zero attached hydrogens (tertiary/aromatic N) is 2. The third-order valence-electron chi connectivity index (χ3n) is 3.38. The molecule has 102 valence electrons. The molecule has 1 N–H and O–H groups in total. The monoisotopic (exact) mass is 253 g/mol. The highest BCUT2D eigenvalue weighted by molar-refractivity contribution is 5.02. The van der Waals surface area contributed by atoms with Crippen LogP contribution in [0.5, 0.6) is 0 Å². The average molecular weight is 253 g/mol. The maximum Gasteiger partial charge on any atom is 0.228 e. The van der Waals surface area contributed by atoms with Crippen LogP contribution in [-0.4, -0.2) is 29.3 Å². The molecule has 1 aromatic heterocycles. The van der Waals surface area contributed by atoms with Crippen molar-refractivity contribution in [2.45, 2.75) is 58.1 Å². The van der Waals surface area contributed by atoms with Crippen molar-refractivity contribution < 1.29 is 9.26 Å². The van der Waals surface area contributed by atoms with E-state index in [-0.39, 0.29) is 5.60 Å². The molecule has 1 aromatic rings. The Hall–Kier alpha value is -0.940. The van der Waals surface area contributed by atoms with Crippen LogP contribution < -0.4 is 5.32 Å². The molecule has 1 fully saturated rings. The van der Waals surface area contributed by atoms with Gasteiger partial charge in [0.25, 0.3) is 0 Å². The minimum atomic E-state index is -0.345. The SMILES string of the molecule is CCCNC(C)Cc1nc(C2(C)CCCO2)no1. The molecular weight excluding hydrogens is 230 g/mol. The molecule has 0 spiro atoms. The molecule has 0 saturated carbocycles. The molecule has 2 heterocycles. The molecule has 2 rings (SSSR count). The Morgan fingerprint density at radius 3 is 3.00 bits per heavy atom. The third kappa shape index (κ3) is 3.09. The lowest BCUT2D eigenvalue weighted by Crippen LogP contribution is -2.29. The van der Waals surface area contributed by atoms with Gasteiger partial charge in [-0.05, 0) is 39.7 Å². The van der Waals surface area contributed by atoms with Crippen LogP contribution in [0.3, 0.4) is 0 Å². The topological polar surface area (TPSA) is 60.2 Å². The molecule has 18 heavy (non-hydrogen) atoms. The van der Waals surface area contributed by atoms with Gasteiger partial charge < -0.3 is 14.6 Å². The van der Waals surface area contributed by atoms with Gasteiger partial charge in [-0.25, -0.2) is 0 Å². The van der Waals surface area contributed by atoms with Gasteiger partial charge in [-0.3, -0.25) is 0 Å². The highest BCUT2D eigenvalue weighted by Crippen LogP contribution is 2.33. The lowest BCUT2D eigenvalue weighted by atomic mass is 10.0. The standard InChI is InChI=1S/C13H23N3O2/c1-4-7-14-10(2)9-11-15-12(16-18-11)13(3)6-5-8-17-13/h10,14H,4-9H2,1-3H3. The van der Waals surface area contributed by atoms with E-state index in [0.29, 0.717) is 17.8 Å². The summed E-state index contributed by atoms with van der Waals surface area (Å²) in [7, 11) is 0. The van der Waals surface area contributed by atoms with Crippen LogP contribution >= 0.6 is 0 Å². The van der Waals surface area contributed by atoms with Crippen molar-refractivity contribution in [2.75, 3.05) is 13.2 Å². The van der Waals surface area contributed by atoms with Crippen molar-refractivity contribution in [1.82, 2.24) is 15.5 Å². The summed E-state index contributed by atoms with van der Waals surface area (Å²) in [5, 5.41) is 7.47. The fourth-order valence-electron chi connectivity index (χ4n) is 2.23. The second-order valence-electron chi connectivity index (χ2n) is 5.25. The van der Waals surface area contributed by atoms with E-state index in [1.807, 2.05) is 6.92 Å². The number of hydrogen-bond donors (Lipinski definition) is 1. The summed E-state index contributed by atoms with van der Waals surface area (Å²) in [6.45, 7) is 8.13. The fourth-order valence-corrected chi connectivity index (χ4v) is 2.23. The largest absolute Gasteiger partial charge is 0.367 e. The first kappa shape index (κ1) is 13.5. The van der Waals surface area contributed by atoms with Gasteiger partial charge in [-0.15, -0.1) is 0 Å².